The van der Waals surface area contributed by atoms with Gasteiger partial charge in [-0.05, 0) is 28.8 Å². The van der Waals surface area contributed by atoms with Crippen LogP contribution in [0.15, 0.2) is 42.5 Å². The van der Waals surface area contributed by atoms with Crippen molar-refractivity contribution in [2.45, 2.75) is 18.0 Å². The third-order valence-corrected chi connectivity index (χ3v) is 5.28. The molecule has 0 saturated carbocycles. The number of aliphatic hydroxyl groups is 1. The molecule has 29 heavy (non-hydrogen) atoms. The number of hydrogen-bond acceptors (Lipinski definition) is 7. The van der Waals surface area contributed by atoms with Crippen molar-refractivity contribution in [1.82, 2.24) is 0 Å². The summed E-state index contributed by atoms with van der Waals surface area (Å²) in [5, 5.41) is 22.9. The Morgan fingerprint density at radius 1 is 1.07 bits per heavy atom. The third-order valence-electron chi connectivity index (χ3n) is 5.28. The van der Waals surface area contributed by atoms with Crippen LogP contribution in [0.25, 0.3) is 11.6 Å². The molecule has 0 aliphatic heterocycles. The Labute approximate surface area is 168 Å². The van der Waals surface area contributed by atoms with E-state index in [-0.39, 0.29) is 17.9 Å². The summed E-state index contributed by atoms with van der Waals surface area (Å²) in [4.78, 5) is 10.9. The molecule has 0 spiro atoms. The summed E-state index contributed by atoms with van der Waals surface area (Å²) in [6, 6.07) is 12.0. The maximum Gasteiger partial charge on any atom is 0.311 e. The SMILES string of the molecule is COc1ccc(/C=C2\c3ccccc3CC(OC)(OC)[C@]2(O)OC)cc1[N+](=O)[O-]. The zero-order valence-electron chi connectivity index (χ0n) is 16.7. The lowest BCUT2D eigenvalue weighted by Gasteiger charge is -2.48. The van der Waals surface area contributed by atoms with Gasteiger partial charge in [-0.2, -0.15) is 0 Å². The smallest absolute Gasteiger partial charge is 0.311 e. The van der Waals surface area contributed by atoms with E-state index in [0.29, 0.717) is 11.1 Å². The first-order valence-corrected chi connectivity index (χ1v) is 8.86. The van der Waals surface area contributed by atoms with Crippen molar-refractivity contribution in [3.8, 4) is 5.75 Å². The van der Waals surface area contributed by atoms with Crippen molar-refractivity contribution >= 4 is 17.3 Å². The lowest BCUT2D eigenvalue weighted by Crippen LogP contribution is -2.62. The normalized spacial score (nSPS) is 21.6. The van der Waals surface area contributed by atoms with Crippen LogP contribution in [0.2, 0.25) is 0 Å². The molecule has 0 aromatic heterocycles. The van der Waals surface area contributed by atoms with Crippen LogP contribution >= 0.6 is 0 Å². The Bertz CT molecular complexity index is 952. The predicted octanol–water partition coefficient (Wildman–Crippen LogP) is 3.02. The van der Waals surface area contributed by atoms with Gasteiger partial charge in [0.1, 0.15) is 0 Å². The van der Waals surface area contributed by atoms with E-state index in [9.17, 15) is 15.2 Å². The average molecular weight is 401 g/mol. The monoisotopic (exact) mass is 401 g/mol. The summed E-state index contributed by atoms with van der Waals surface area (Å²) in [6.45, 7) is 0. The van der Waals surface area contributed by atoms with Crippen LogP contribution in [0.4, 0.5) is 5.69 Å². The fraction of sp³-hybridized carbons (Fsp3) is 0.333. The molecule has 0 unspecified atom stereocenters. The first-order valence-electron chi connectivity index (χ1n) is 8.86. The summed E-state index contributed by atoms with van der Waals surface area (Å²) in [7, 11) is 5.58. The second-order valence-electron chi connectivity index (χ2n) is 6.59. The van der Waals surface area contributed by atoms with E-state index < -0.39 is 16.5 Å². The molecule has 0 fully saturated rings. The predicted molar refractivity (Wildman–Crippen MR) is 106 cm³/mol. The molecule has 1 aliphatic carbocycles. The van der Waals surface area contributed by atoms with Gasteiger partial charge in [0.25, 0.3) is 0 Å². The second kappa shape index (κ2) is 7.92. The van der Waals surface area contributed by atoms with Crippen LogP contribution in [0, 0.1) is 10.1 Å². The van der Waals surface area contributed by atoms with Crippen LogP contribution in [0.1, 0.15) is 16.7 Å². The molecule has 154 valence electrons. The standard InChI is InChI=1S/C21H23NO7/c1-26-19-10-9-14(12-18(19)22(24)25)11-17-16-8-6-5-7-15(16)13-20(27-2,28-3)21(17,23)29-4/h5-12,23H,13H2,1-4H3/b17-11+/t21-/m1/s1. The minimum Gasteiger partial charge on any atom is -0.490 e. The van der Waals surface area contributed by atoms with Gasteiger partial charge in [0.15, 0.2) is 5.75 Å². The minimum absolute atomic E-state index is 0.145. The van der Waals surface area contributed by atoms with Crippen molar-refractivity contribution in [2.75, 3.05) is 28.4 Å². The van der Waals surface area contributed by atoms with E-state index in [1.165, 1.54) is 40.6 Å². The Kier molecular flexibility index (Phi) is 5.72. The number of nitrogens with zero attached hydrogens (tertiary/aromatic N) is 1. The molecule has 2 aromatic rings. The summed E-state index contributed by atoms with van der Waals surface area (Å²) >= 11 is 0. The summed E-state index contributed by atoms with van der Waals surface area (Å²) in [5.74, 6) is -3.31. The van der Waals surface area contributed by atoms with E-state index in [4.69, 9.17) is 18.9 Å². The third kappa shape index (κ3) is 3.30. The summed E-state index contributed by atoms with van der Waals surface area (Å²) in [5.41, 5.74) is 2.29. The van der Waals surface area contributed by atoms with Gasteiger partial charge in [-0.25, -0.2) is 0 Å². The van der Waals surface area contributed by atoms with Crippen molar-refractivity contribution in [2.24, 2.45) is 0 Å². The van der Waals surface area contributed by atoms with Crippen LogP contribution in [0.5, 0.6) is 5.75 Å². The van der Waals surface area contributed by atoms with E-state index in [2.05, 4.69) is 0 Å². The van der Waals surface area contributed by atoms with Gasteiger partial charge in [-0.1, -0.05) is 30.3 Å². The highest BCUT2D eigenvalue weighted by molar-refractivity contribution is 5.89. The fourth-order valence-corrected chi connectivity index (χ4v) is 3.75. The van der Waals surface area contributed by atoms with Gasteiger partial charge in [0.05, 0.1) is 12.0 Å². The van der Waals surface area contributed by atoms with Gasteiger partial charge in [-0.15, -0.1) is 0 Å². The highest BCUT2D eigenvalue weighted by Gasteiger charge is 2.58. The first kappa shape index (κ1) is 20.9. The molecule has 0 heterocycles. The Hall–Kier alpha value is -2.78. The topological polar surface area (TPSA) is 100 Å². The number of nitro groups is 1. The number of hydrogen-bond donors (Lipinski definition) is 1. The quantitative estimate of drug-likeness (QED) is 0.451. The molecule has 8 heteroatoms. The van der Waals surface area contributed by atoms with Crippen molar-refractivity contribution in [3.63, 3.8) is 0 Å². The highest BCUT2D eigenvalue weighted by Crippen LogP contribution is 2.48. The second-order valence-corrected chi connectivity index (χ2v) is 6.59. The number of benzene rings is 2. The van der Waals surface area contributed by atoms with E-state index in [1.54, 1.807) is 12.1 Å². The lowest BCUT2D eigenvalue weighted by molar-refractivity contribution is -0.385. The molecule has 0 radical (unpaired) electrons. The number of methoxy groups -OCH3 is 4. The van der Waals surface area contributed by atoms with E-state index >= 15 is 0 Å². The van der Waals surface area contributed by atoms with Gasteiger partial charge in [0, 0.05) is 39.4 Å². The van der Waals surface area contributed by atoms with Crippen LogP contribution in [0.3, 0.4) is 0 Å². The fourth-order valence-electron chi connectivity index (χ4n) is 3.75. The van der Waals surface area contributed by atoms with Crippen LogP contribution < -0.4 is 4.74 Å². The lowest BCUT2D eigenvalue weighted by atomic mass is 9.77. The zero-order chi connectivity index (χ0) is 21.2. The van der Waals surface area contributed by atoms with Crippen molar-refractivity contribution in [3.05, 3.63) is 69.3 Å². The van der Waals surface area contributed by atoms with Crippen molar-refractivity contribution in [1.29, 1.82) is 0 Å². The number of rotatable bonds is 6. The molecule has 0 saturated heterocycles. The maximum atomic E-state index is 11.5. The highest BCUT2D eigenvalue weighted by atomic mass is 16.8. The average Bonchev–Trinajstić information content (AvgIpc) is 2.75. The number of nitro benzene ring substituents is 1. The van der Waals surface area contributed by atoms with Gasteiger partial charge in [0.2, 0.25) is 11.6 Å². The van der Waals surface area contributed by atoms with E-state index in [0.717, 1.165) is 11.1 Å². The molecule has 1 N–H and O–H groups in total. The molecule has 3 rings (SSSR count). The minimum atomic E-state index is -1.96. The Balaban J connectivity index is 2.27. The van der Waals surface area contributed by atoms with Gasteiger partial charge in [-0.3, -0.25) is 10.1 Å². The van der Waals surface area contributed by atoms with E-state index in [1.807, 2.05) is 24.3 Å². The van der Waals surface area contributed by atoms with Gasteiger partial charge >= 0.3 is 5.69 Å². The van der Waals surface area contributed by atoms with Gasteiger partial charge < -0.3 is 24.1 Å². The molecule has 0 bridgehead atoms. The largest absolute Gasteiger partial charge is 0.490 e. The summed E-state index contributed by atoms with van der Waals surface area (Å²) in [6.07, 6.45) is 1.88. The zero-order valence-corrected chi connectivity index (χ0v) is 16.7. The number of ether oxygens (including phenoxy) is 4. The Morgan fingerprint density at radius 3 is 2.34 bits per heavy atom. The van der Waals surface area contributed by atoms with Crippen LogP contribution in [-0.4, -0.2) is 50.0 Å². The first-order chi connectivity index (χ1) is 13.9. The molecule has 1 atom stereocenters. The maximum absolute atomic E-state index is 11.5. The molecule has 1 aliphatic rings. The molecular formula is C21H23NO7. The Morgan fingerprint density at radius 2 is 1.76 bits per heavy atom. The molecule has 2 aromatic carbocycles. The summed E-state index contributed by atoms with van der Waals surface area (Å²) < 4.78 is 21.8. The molecule has 8 nitrogen and oxygen atoms in total. The molecular weight excluding hydrogens is 378 g/mol. The number of fused-ring (bicyclic) bond motifs is 1. The van der Waals surface area contributed by atoms with Crippen molar-refractivity contribution < 1.29 is 29.0 Å². The molecule has 0 amide bonds. The van der Waals surface area contributed by atoms with Crippen LogP contribution in [-0.2, 0) is 20.6 Å².